The molecule has 114 valence electrons. The SMILES string of the molecule is CSC(CO)C(C)NS(=O)(=O)c1cc(Cl)cc(N)c1F. The summed E-state index contributed by atoms with van der Waals surface area (Å²) in [6.07, 6.45) is 1.74. The van der Waals surface area contributed by atoms with Crippen molar-refractivity contribution in [3.05, 3.63) is 23.0 Å². The molecule has 0 aromatic heterocycles. The fraction of sp³-hybridized carbons (Fsp3) is 0.455. The first-order valence-corrected chi connectivity index (χ1v) is 8.78. The van der Waals surface area contributed by atoms with E-state index in [1.54, 1.807) is 13.2 Å². The highest BCUT2D eigenvalue weighted by Gasteiger charge is 2.26. The molecule has 2 atom stereocenters. The van der Waals surface area contributed by atoms with Crippen LogP contribution in [0.1, 0.15) is 6.92 Å². The molecule has 2 unspecified atom stereocenters. The Balaban J connectivity index is 3.12. The Kier molecular flexibility index (Phi) is 6.08. The molecule has 1 aromatic carbocycles. The average molecular weight is 343 g/mol. The predicted octanol–water partition coefficient (Wildman–Crippen LogP) is 1.45. The molecule has 0 aliphatic carbocycles. The van der Waals surface area contributed by atoms with Crippen LogP contribution in [0.15, 0.2) is 17.0 Å². The first-order valence-electron chi connectivity index (χ1n) is 5.63. The Labute approximate surface area is 126 Å². The highest BCUT2D eigenvalue weighted by molar-refractivity contribution is 7.99. The van der Waals surface area contributed by atoms with E-state index in [-0.39, 0.29) is 22.6 Å². The van der Waals surface area contributed by atoms with Crippen LogP contribution < -0.4 is 10.5 Å². The Bertz CT molecular complexity index is 579. The van der Waals surface area contributed by atoms with Crippen molar-refractivity contribution in [3.63, 3.8) is 0 Å². The van der Waals surface area contributed by atoms with E-state index in [4.69, 9.17) is 22.4 Å². The minimum atomic E-state index is -4.11. The van der Waals surface area contributed by atoms with Crippen molar-refractivity contribution in [2.24, 2.45) is 0 Å². The van der Waals surface area contributed by atoms with Crippen LogP contribution in [0.5, 0.6) is 0 Å². The van der Waals surface area contributed by atoms with E-state index in [9.17, 15) is 12.8 Å². The summed E-state index contributed by atoms with van der Waals surface area (Å²) >= 11 is 7.00. The lowest BCUT2D eigenvalue weighted by molar-refractivity contribution is 0.282. The van der Waals surface area contributed by atoms with Crippen LogP contribution in [-0.4, -0.2) is 37.7 Å². The minimum Gasteiger partial charge on any atom is -0.396 e. The van der Waals surface area contributed by atoms with Gasteiger partial charge in [-0.2, -0.15) is 11.8 Å². The van der Waals surface area contributed by atoms with Gasteiger partial charge in [0, 0.05) is 16.3 Å². The normalized spacial score (nSPS) is 15.1. The lowest BCUT2D eigenvalue weighted by atomic mass is 10.3. The molecule has 5 nitrogen and oxygen atoms in total. The van der Waals surface area contributed by atoms with Gasteiger partial charge in [0.15, 0.2) is 5.82 Å². The molecule has 0 fully saturated rings. The molecule has 0 saturated heterocycles. The Morgan fingerprint density at radius 3 is 2.65 bits per heavy atom. The molecular formula is C11H16ClFN2O3S2. The van der Waals surface area contributed by atoms with Crippen LogP contribution in [0.4, 0.5) is 10.1 Å². The zero-order valence-electron chi connectivity index (χ0n) is 10.9. The standard InChI is InChI=1S/C11H16ClFN2O3S2/c1-6(9(5-16)19-2)15-20(17,18)10-4-7(12)3-8(14)11(10)13/h3-4,6,9,15-16H,5,14H2,1-2H3. The first-order chi connectivity index (χ1) is 9.22. The van der Waals surface area contributed by atoms with E-state index in [1.165, 1.54) is 11.8 Å². The van der Waals surface area contributed by atoms with Crippen LogP contribution in [-0.2, 0) is 10.0 Å². The number of nitrogen functional groups attached to an aromatic ring is 1. The largest absolute Gasteiger partial charge is 0.396 e. The summed E-state index contributed by atoms with van der Waals surface area (Å²) in [5, 5.41) is 8.82. The summed E-state index contributed by atoms with van der Waals surface area (Å²) in [6, 6.07) is 1.55. The molecular weight excluding hydrogens is 327 g/mol. The molecule has 0 amide bonds. The van der Waals surface area contributed by atoms with Gasteiger partial charge in [0.25, 0.3) is 0 Å². The molecule has 1 rings (SSSR count). The minimum absolute atomic E-state index is 0.0282. The number of hydrogen-bond acceptors (Lipinski definition) is 5. The predicted molar refractivity (Wildman–Crippen MR) is 80.0 cm³/mol. The molecule has 0 aliphatic rings. The highest BCUT2D eigenvalue weighted by atomic mass is 35.5. The quantitative estimate of drug-likeness (QED) is 0.680. The number of aliphatic hydroxyl groups is 1. The fourth-order valence-corrected chi connectivity index (χ4v) is 4.02. The molecule has 0 spiro atoms. The average Bonchev–Trinajstić information content (AvgIpc) is 2.34. The summed E-state index contributed by atoms with van der Waals surface area (Å²) < 4.78 is 40.4. The van der Waals surface area contributed by atoms with Crippen LogP contribution in [0, 0.1) is 5.82 Å². The van der Waals surface area contributed by atoms with Gasteiger partial charge in [-0.05, 0) is 25.3 Å². The second kappa shape index (κ2) is 6.95. The summed E-state index contributed by atoms with van der Waals surface area (Å²) in [5.41, 5.74) is 5.03. The van der Waals surface area contributed by atoms with E-state index in [2.05, 4.69) is 4.72 Å². The second-order valence-electron chi connectivity index (χ2n) is 4.17. The van der Waals surface area contributed by atoms with Gasteiger partial charge in [0.1, 0.15) is 4.90 Å². The van der Waals surface area contributed by atoms with Crippen molar-refractivity contribution in [2.45, 2.75) is 23.1 Å². The summed E-state index contributed by atoms with van der Waals surface area (Å²) in [5.74, 6) is -1.04. The Morgan fingerprint density at radius 1 is 1.55 bits per heavy atom. The first kappa shape index (κ1) is 17.5. The second-order valence-corrected chi connectivity index (χ2v) is 7.37. The number of benzene rings is 1. The molecule has 0 bridgehead atoms. The van der Waals surface area contributed by atoms with E-state index in [1.807, 2.05) is 0 Å². The molecule has 1 aromatic rings. The van der Waals surface area contributed by atoms with Crippen molar-refractivity contribution < 1.29 is 17.9 Å². The molecule has 9 heteroatoms. The Hall–Kier alpha value is -0.540. The molecule has 4 N–H and O–H groups in total. The van der Waals surface area contributed by atoms with Gasteiger partial charge in [0.05, 0.1) is 12.3 Å². The van der Waals surface area contributed by atoms with Crippen LogP contribution in [0.3, 0.4) is 0 Å². The molecule has 0 radical (unpaired) electrons. The van der Waals surface area contributed by atoms with Crippen LogP contribution in [0.2, 0.25) is 5.02 Å². The number of hydrogen-bond donors (Lipinski definition) is 3. The summed E-state index contributed by atoms with van der Waals surface area (Å²) in [6.45, 7) is 1.38. The van der Waals surface area contributed by atoms with Gasteiger partial charge in [-0.1, -0.05) is 11.6 Å². The van der Waals surface area contributed by atoms with Gasteiger partial charge >= 0.3 is 0 Å². The zero-order valence-corrected chi connectivity index (χ0v) is 13.3. The van der Waals surface area contributed by atoms with Crippen molar-refractivity contribution >= 4 is 39.1 Å². The maximum Gasteiger partial charge on any atom is 0.243 e. The third-order valence-electron chi connectivity index (χ3n) is 2.70. The number of halogens is 2. The molecule has 0 aliphatic heterocycles. The van der Waals surface area contributed by atoms with Crippen molar-refractivity contribution in [3.8, 4) is 0 Å². The van der Waals surface area contributed by atoms with Gasteiger partial charge in [-0.15, -0.1) is 0 Å². The van der Waals surface area contributed by atoms with Gasteiger partial charge < -0.3 is 10.8 Å². The van der Waals surface area contributed by atoms with Gasteiger partial charge in [-0.3, -0.25) is 0 Å². The zero-order chi connectivity index (χ0) is 15.5. The van der Waals surface area contributed by atoms with E-state index in [0.717, 1.165) is 12.1 Å². The highest BCUT2D eigenvalue weighted by Crippen LogP contribution is 2.25. The number of sulfonamides is 1. The van der Waals surface area contributed by atoms with Crippen molar-refractivity contribution in [2.75, 3.05) is 18.6 Å². The molecule has 20 heavy (non-hydrogen) atoms. The van der Waals surface area contributed by atoms with E-state index >= 15 is 0 Å². The third kappa shape index (κ3) is 3.98. The maximum absolute atomic E-state index is 13.8. The summed E-state index contributed by atoms with van der Waals surface area (Å²) in [7, 11) is -4.11. The number of anilines is 1. The number of thioether (sulfide) groups is 1. The monoisotopic (exact) mass is 342 g/mol. The van der Waals surface area contributed by atoms with Gasteiger partial charge in [0.2, 0.25) is 10.0 Å². The summed E-state index contributed by atoms with van der Waals surface area (Å²) in [4.78, 5) is -0.604. The maximum atomic E-state index is 13.8. The van der Waals surface area contributed by atoms with Crippen molar-refractivity contribution in [1.29, 1.82) is 0 Å². The third-order valence-corrected chi connectivity index (χ3v) is 5.64. The van der Waals surface area contributed by atoms with Crippen LogP contribution >= 0.6 is 23.4 Å². The van der Waals surface area contributed by atoms with E-state index in [0.29, 0.717) is 0 Å². The smallest absolute Gasteiger partial charge is 0.243 e. The fourth-order valence-electron chi connectivity index (χ4n) is 1.60. The number of nitrogens with two attached hydrogens (primary N) is 1. The van der Waals surface area contributed by atoms with E-state index < -0.39 is 26.8 Å². The Morgan fingerprint density at radius 2 is 2.15 bits per heavy atom. The number of aliphatic hydroxyl groups excluding tert-OH is 1. The lowest BCUT2D eigenvalue weighted by Gasteiger charge is -2.21. The van der Waals surface area contributed by atoms with Crippen LogP contribution in [0.25, 0.3) is 0 Å². The van der Waals surface area contributed by atoms with Gasteiger partial charge in [-0.25, -0.2) is 17.5 Å². The lowest BCUT2D eigenvalue weighted by Crippen LogP contribution is -2.41. The topological polar surface area (TPSA) is 92.4 Å². The molecule has 0 heterocycles. The number of nitrogens with one attached hydrogen (secondary N) is 1. The van der Waals surface area contributed by atoms with Crippen molar-refractivity contribution in [1.82, 2.24) is 4.72 Å². The molecule has 0 saturated carbocycles. The number of rotatable bonds is 6.